The van der Waals surface area contributed by atoms with Gasteiger partial charge in [0.25, 0.3) is 0 Å². The molecule has 1 aliphatic heterocycles. The van der Waals surface area contributed by atoms with E-state index in [-0.39, 0.29) is 18.3 Å². The second kappa shape index (κ2) is 9.11. The van der Waals surface area contributed by atoms with Gasteiger partial charge in [0.1, 0.15) is 0 Å². The predicted octanol–water partition coefficient (Wildman–Crippen LogP) is 2.08. The molecule has 2 rings (SSSR count). The Bertz CT molecular complexity index is 502. The van der Waals surface area contributed by atoms with Gasteiger partial charge in [-0.25, -0.2) is 0 Å². The van der Waals surface area contributed by atoms with Crippen molar-refractivity contribution in [3.63, 3.8) is 0 Å². The van der Waals surface area contributed by atoms with Crippen LogP contribution in [-0.4, -0.2) is 37.7 Å². The first-order valence-electron chi connectivity index (χ1n) is 8.02. The number of benzene rings is 1. The van der Waals surface area contributed by atoms with Crippen molar-refractivity contribution in [3.05, 3.63) is 29.8 Å². The molecule has 23 heavy (non-hydrogen) atoms. The van der Waals surface area contributed by atoms with Crippen molar-refractivity contribution in [1.82, 2.24) is 5.32 Å². The van der Waals surface area contributed by atoms with E-state index in [1.54, 1.807) is 6.92 Å². The fraction of sp³-hybridized carbons (Fsp3) is 0.588. The molecule has 1 fully saturated rings. The quantitative estimate of drug-likeness (QED) is 0.831. The molecular formula is C17H28ClN3O2. The summed E-state index contributed by atoms with van der Waals surface area (Å²) in [7, 11) is 0. The minimum atomic E-state index is -0.803. The fourth-order valence-corrected chi connectivity index (χ4v) is 2.78. The summed E-state index contributed by atoms with van der Waals surface area (Å²) in [4.78, 5) is 14.6. The molecule has 1 saturated heterocycles. The topological polar surface area (TPSA) is 67.6 Å². The summed E-state index contributed by atoms with van der Waals surface area (Å²) in [6.45, 7) is 7.59. The van der Waals surface area contributed by atoms with E-state index in [1.807, 2.05) is 19.1 Å². The van der Waals surface area contributed by atoms with Crippen molar-refractivity contribution >= 4 is 24.0 Å². The van der Waals surface area contributed by atoms with Crippen molar-refractivity contribution in [1.29, 1.82) is 0 Å². The summed E-state index contributed by atoms with van der Waals surface area (Å²) in [6, 6.07) is 8.18. The minimum absolute atomic E-state index is 0. The molecule has 1 atom stereocenters. The van der Waals surface area contributed by atoms with E-state index in [0.29, 0.717) is 13.0 Å². The van der Waals surface area contributed by atoms with Gasteiger partial charge in [0, 0.05) is 25.3 Å². The maximum Gasteiger partial charge on any atom is 0.240 e. The normalized spacial score (nSPS) is 17.1. The van der Waals surface area contributed by atoms with Gasteiger partial charge >= 0.3 is 0 Å². The van der Waals surface area contributed by atoms with Crippen molar-refractivity contribution < 1.29 is 9.53 Å². The number of rotatable bonds is 6. The van der Waals surface area contributed by atoms with Crippen LogP contribution in [0.1, 0.15) is 32.3 Å². The highest BCUT2D eigenvalue weighted by Gasteiger charge is 2.27. The van der Waals surface area contributed by atoms with Crippen molar-refractivity contribution in [2.24, 2.45) is 5.73 Å². The monoisotopic (exact) mass is 341 g/mol. The smallest absolute Gasteiger partial charge is 0.240 e. The molecule has 0 aromatic heterocycles. The summed E-state index contributed by atoms with van der Waals surface area (Å²) in [5.41, 5.74) is 7.56. The Hall–Kier alpha value is -1.30. The SMILES string of the molecule is CCCC(C)(N)C(=O)NCc1ccccc1N1CCOCC1.Cl. The minimum Gasteiger partial charge on any atom is -0.378 e. The van der Waals surface area contributed by atoms with E-state index in [0.717, 1.165) is 38.3 Å². The second-order valence-electron chi connectivity index (χ2n) is 6.08. The van der Waals surface area contributed by atoms with Crippen LogP contribution < -0.4 is 16.0 Å². The number of carbonyl (C=O) groups excluding carboxylic acids is 1. The third-order valence-electron chi connectivity index (χ3n) is 4.07. The van der Waals surface area contributed by atoms with E-state index in [4.69, 9.17) is 10.5 Å². The van der Waals surface area contributed by atoms with Crippen LogP contribution in [-0.2, 0) is 16.1 Å². The highest BCUT2D eigenvalue weighted by atomic mass is 35.5. The number of hydrogen-bond donors (Lipinski definition) is 2. The van der Waals surface area contributed by atoms with Crippen LogP contribution in [0.2, 0.25) is 0 Å². The molecule has 1 aromatic rings. The molecule has 1 heterocycles. The van der Waals surface area contributed by atoms with Crippen molar-refractivity contribution in [2.75, 3.05) is 31.2 Å². The highest BCUT2D eigenvalue weighted by Crippen LogP contribution is 2.21. The largest absolute Gasteiger partial charge is 0.378 e. The summed E-state index contributed by atoms with van der Waals surface area (Å²) in [5, 5.41) is 2.98. The van der Waals surface area contributed by atoms with Crippen molar-refractivity contribution in [2.45, 2.75) is 38.8 Å². The van der Waals surface area contributed by atoms with E-state index in [2.05, 4.69) is 22.3 Å². The zero-order chi connectivity index (χ0) is 16.0. The maximum absolute atomic E-state index is 12.2. The predicted molar refractivity (Wildman–Crippen MR) is 96.1 cm³/mol. The lowest BCUT2D eigenvalue weighted by atomic mass is 9.96. The number of nitrogens with zero attached hydrogens (tertiary/aromatic N) is 1. The summed E-state index contributed by atoms with van der Waals surface area (Å²) in [5.74, 6) is -0.0915. The fourth-order valence-electron chi connectivity index (χ4n) is 2.78. The first-order valence-corrected chi connectivity index (χ1v) is 8.02. The molecule has 6 heteroatoms. The molecule has 0 spiro atoms. The molecule has 0 radical (unpaired) electrons. The lowest BCUT2D eigenvalue weighted by Gasteiger charge is -2.31. The molecule has 5 nitrogen and oxygen atoms in total. The number of ether oxygens (including phenoxy) is 1. The second-order valence-corrected chi connectivity index (χ2v) is 6.08. The van der Waals surface area contributed by atoms with Gasteiger partial charge < -0.3 is 20.7 Å². The number of nitrogens with two attached hydrogens (primary N) is 1. The van der Waals surface area contributed by atoms with Gasteiger partial charge in [-0.2, -0.15) is 0 Å². The van der Waals surface area contributed by atoms with Gasteiger partial charge in [-0.15, -0.1) is 12.4 Å². The van der Waals surface area contributed by atoms with Crippen LogP contribution in [0.3, 0.4) is 0 Å². The Morgan fingerprint density at radius 1 is 1.35 bits per heavy atom. The van der Waals surface area contributed by atoms with E-state index >= 15 is 0 Å². The molecule has 1 aliphatic rings. The van der Waals surface area contributed by atoms with Crippen molar-refractivity contribution in [3.8, 4) is 0 Å². The lowest BCUT2D eigenvalue weighted by molar-refractivity contribution is -0.126. The Balaban J connectivity index is 0.00000264. The first kappa shape index (κ1) is 19.7. The zero-order valence-electron chi connectivity index (χ0n) is 14.0. The van der Waals surface area contributed by atoms with Crippen LogP contribution >= 0.6 is 12.4 Å². The molecule has 0 aliphatic carbocycles. The van der Waals surface area contributed by atoms with Gasteiger partial charge in [0.2, 0.25) is 5.91 Å². The van der Waals surface area contributed by atoms with Crippen LogP contribution in [0, 0.1) is 0 Å². The lowest BCUT2D eigenvalue weighted by Crippen LogP contribution is -2.51. The van der Waals surface area contributed by atoms with Gasteiger partial charge in [0.05, 0.1) is 18.8 Å². The number of hydrogen-bond acceptors (Lipinski definition) is 4. The first-order chi connectivity index (χ1) is 10.5. The van der Waals surface area contributed by atoms with Crippen LogP contribution in [0.4, 0.5) is 5.69 Å². The van der Waals surface area contributed by atoms with Gasteiger partial charge in [0.15, 0.2) is 0 Å². The third kappa shape index (κ3) is 5.37. The molecule has 0 saturated carbocycles. The number of para-hydroxylation sites is 1. The van der Waals surface area contributed by atoms with E-state index < -0.39 is 5.54 Å². The highest BCUT2D eigenvalue weighted by molar-refractivity contribution is 5.85. The number of carbonyl (C=O) groups is 1. The number of anilines is 1. The Labute approximate surface area is 145 Å². The zero-order valence-corrected chi connectivity index (χ0v) is 14.8. The average Bonchev–Trinajstić information content (AvgIpc) is 2.53. The standard InChI is InChI=1S/C17H27N3O2.ClH/c1-3-8-17(2,18)16(21)19-13-14-6-4-5-7-15(14)20-9-11-22-12-10-20;/h4-7H,3,8-13,18H2,1-2H3,(H,19,21);1H. The molecule has 1 amide bonds. The van der Waals surface area contributed by atoms with Gasteiger partial charge in [-0.1, -0.05) is 31.5 Å². The Kier molecular flexibility index (Phi) is 7.82. The molecule has 1 unspecified atom stereocenters. The third-order valence-corrected chi connectivity index (χ3v) is 4.07. The van der Waals surface area contributed by atoms with E-state index in [1.165, 1.54) is 5.69 Å². The van der Waals surface area contributed by atoms with Crippen LogP contribution in [0.15, 0.2) is 24.3 Å². The Morgan fingerprint density at radius 3 is 2.65 bits per heavy atom. The van der Waals surface area contributed by atoms with Crippen LogP contribution in [0.5, 0.6) is 0 Å². The summed E-state index contributed by atoms with van der Waals surface area (Å²) < 4.78 is 5.40. The van der Waals surface area contributed by atoms with Crippen LogP contribution in [0.25, 0.3) is 0 Å². The molecular weight excluding hydrogens is 314 g/mol. The Morgan fingerprint density at radius 2 is 2.00 bits per heavy atom. The number of morpholine rings is 1. The van der Waals surface area contributed by atoms with E-state index in [9.17, 15) is 4.79 Å². The molecule has 3 N–H and O–H groups in total. The summed E-state index contributed by atoms with van der Waals surface area (Å²) in [6.07, 6.45) is 1.58. The number of amides is 1. The molecule has 0 bridgehead atoms. The number of halogens is 1. The molecule has 1 aromatic carbocycles. The van der Waals surface area contributed by atoms with Gasteiger partial charge in [-0.05, 0) is 25.0 Å². The number of nitrogens with one attached hydrogen (secondary N) is 1. The summed E-state index contributed by atoms with van der Waals surface area (Å²) >= 11 is 0. The molecule has 130 valence electrons. The maximum atomic E-state index is 12.2. The average molecular weight is 342 g/mol. The van der Waals surface area contributed by atoms with Gasteiger partial charge in [-0.3, -0.25) is 4.79 Å².